The number of ether oxygens (including phenoxy) is 1. The summed E-state index contributed by atoms with van der Waals surface area (Å²) in [4.78, 5) is 24.1. The fraction of sp³-hybridized carbons (Fsp3) is 0.200. The summed E-state index contributed by atoms with van der Waals surface area (Å²) in [5, 5.41) is 3.08. The van der Waals surface area contributed by atoms with Crippen LogP contribution in [0.15, 0.2) is 24.0 Å². The minimum absolute atomic E-state index is 0.0433. The van der Waals surface area contributed by atoms with E-state index in [0.717, 1.165) is 4.88 Å². The summed E-state index contributed by atoms with van der Waals surface area (Å²) >= 11 is 1.55. The molecule has 0 saturated carbocycles. The molecule has 88 valence electrons. The monoisotopic (exact) mass is 250 g/mol. The molecule has 0 fully saturated rings. The van der Waals surface area contributed by atoms with Gasteiger partial charge in [-0.15, -0.1) is 11.3 Å². The van der Waals surface area contributed by atoms with Gasteiger partial charge < -0.3 is 10.1 Å². The fourth-order valence-electron chi connectivity index (χ4n) is 1.15. The Kier molecular flexibility index (Phi) is 3.61. The van der Waals surface area contributed by atoms with E-state index >= 15 is 0 Å². The maximum atomic E-state index is 11.2. The first-order valence-corrected chi connectivity index (χ1v) is 5.70. The number of aromatic nitrogens is 3. The van der Waals surface area contributed by atoms with E-state index in [2.05, 4.69) is 25.0 Å². The zero-order valence-electron chi connectivity index (χ0n) is 9.08. The molecule has 7 heteroatoms. The Morgan fingerprint density at radius 3 is 3.18 bits per heavy atom. The highest BCUT2D eigenvalue weighted by Crippen LogP contribution is 2.09. The molecule has 6 nitrogen and oxygen atoms in total. The number of esters is 1. The van der Waals surface area contributed by atoms with Gasteiger partial charge >= 0.3 is 5.97 Å². The Morgan fingerprint density at radius 2 is 2.47 bits per heavy atom. The summed E-state index contributed by atoms with van der Waals surface area (Å²) in [5.74, 6) is 0.0713. The highest BCUT2D eigenvalue weighted by Gasteiger charge is 2.09. The molecule has 0 atom stereocenters. The third kappa shape index (κ3) is 2.97. The van der Waals surface area contributed by atoms with Gasteiger partial charge in [-0.2, -0.15) is 0 Å². The predicted octanol–water partition coefficient (Wildman–Crippen LogP) is 1.33. The number of rotatable bonds is 4. The lowest BCUT2D eigenvalue weighted by molar-refractivity contribution is 0.0587. The van der Waals surface area contributed by atoms with Gasteiger partial charge in [0.1, 0.15) is 5.82 Å². The van der Waals surface area contributed by atoms with Crippen molar-refractivity contribution in [3.05, 3.63) is 34.7 Å². The second-order valence-corrected chi connectivity index (χ2v) is 4.05. The number of nitrogens with zero attached hydrogens (tertiary/aromatic N) is 3. The average Bonchev–Trinajstić information content (AvgIpc) is 2.89. The SMILES string of the molecule is COC(=O)c1nccc(NCc2cncs2)n1. The van der Waals surface area contributed by atoms with Crippen LogP contribution in [0.5, 0.6) is 0 Å². The topological polar surface area (TPSA) is 77.0 Å². The molecule has 1 N–H and O–H groups in total. The molecule has 0 spiro atoms. The maximum absolute atomic E-state index is 11.2. The first kappa shape index (κ1) is 11.5. The lowest BCUT2D eigenvalue weighted by Crippen LogP contribution is -2.09. The highest BCUT2D eigenvalue weighted by atomic mass is 32.1. The summed E-state index contributed by atoms with van der Waals surface area (Å²) in [6.45, 7) is 0.613. The number of hydrogen-bond acceptors (Lipinski definition) is 7. The molecule has 0 aliphatic heterocycles. The third-order valence-electron chi connectivity index (χ3n) is 1.95. The van der Waals surface area contributed by atoms with Gasteiger partial charge in [-0.25, -0.2) is 14.8 Å². The van der Waals surface area contributed by atoms with Crippen LogP contribution in [0.3, 0.4) is 0 Å². The van der Waals surface area contributed by atoms with Crippen molar-refractivity contribution in [3.63, 3.8) is 0 Å². The van der Waals surface area contributed by atoms with Crippen molar-refractivity contribution >= 4 is 23.1 Å². The zero-order chi connectivity index (χ0) is 12.1. The summed E-state index contributed by atoms with van der Waals surface area (Å²) < 4.78 is 4.54. The second-order valence-electron chi connectivity index (χ2n) is 3.08. The second kappa shape index (κ2) is 5.35. The molecule has 0 bridgehead atoms. The van der Waals surface area contributed by atoms with Gasteiger partial charge in [0.05, 0.1) is 19.2 Å². The Labute approximate surface area is 102 Å². The van der Waals surface area contributed by atoms with Crippen molar-refractivity contribution in [2.75, 3.05) is 12.4 Å². The molecule has 17 heavy (non-hydrogen) atoms. The van der Waals surface area contributed by atoms with Crippen LogP contribution in [0.4, 0.5) is 5.82 Å². The molecule has 2 aromatic heterocycles. The lowest BCUT2D eigenvalue weighted by Gasteiger charge is -2.04. The van der Waals surface area contributed by atoms with Crippen molar-refractivity contribution < 1.29 is 9.53 Å². The number of anilines is 1. The summed E-state index contributed by atoms with van der Waals surface area (Å²) in [6, 6.07) is 1.69. The molecule has 0 aliphatic carbocycles. The summed E-state index contributed by atoms with van der Waals surface area (Å²) in [7, 11) is 1.29. The molecule has 0 radical (unpaired) electrons. The van der Waals surface area contributed by atoms with E-state index < -0.39 is 5.97 Å². The number of carbonyl (C=O) groups is 1. The molecule has 0 aromatic carbocycles. The number of thiazole rings is 1. The summed E-state index contributed by atoms with van der Waals surface area (Å²) in [5.41, 5.74) is 1.76. The van der Waals surface area contributed by atoms with Crippen LogP contribution in [-0.4, -0.2) is 28.0 Å². The van der Waals surface area contributed by atoms with Crippen LogP contribution >= 0.6 is 11.3 Å². The van der Waals surface area contributed by atoms with Crippen molar-refractivity contribution in [2.24, 2.45) is 0 Å². The van der Waals surface area contributed by atoms with E-state index in [1.54, 1.807) is 29.1 Å². The van der Waals surface area contributed by atoms with E-state index in [1.807, 2.05) is 0 Å². The van der Waals surface area contributed by atoms with Crippen molar-refractivity contribution in [2.45, 2.75) is 6.54 Å². The smallest absolute Gasteiger partial charge is 0.376 e. The van der Waals surface area contributed by atoms with Crippen LogP contribution in [0, 0.1) is 0 Å². The molecule has 0 unspecified atom stereocenters. The largest absolute Gasteiger partial charge is 0.463 e. The first-order chi connectivity index (χ1) is 8.29. The number of carbonyl (C=O) groups excluding carboxylic acids is 1. The Balaban J connectivity index is 2.03. The normalized spacial score (nSPS) is 9.94. The molecular formula is C10H10N4O2S. The molecule has 0 saturated heterocycles. The summed E-state index contributed by atoms with van der Waals surface area (Å²) in [6.07, 6.45) is 3.29. The number of methoxy groups -OCH3 is 1. The minimum atomic E-state index is -0.550. The quantitative estimate of drug-likeness (QED) is 0.825. The molecule has 0 aliphatic rings. The van der Waals surface area contributed by atoms with Crippen LogP contribution in [-0.2, 0) is 11.3 Å². The molecular weight excluding hydrogens is 240 g/mol. The Bertz CT molecular complexity index is 501. The van der Waals surface area contributed by atoms with Gasteiger partial charge in [0.2, 0.25) is 5.82 Å². The molecule has 2 aromatic rings. The lowest BCUT2D eigenvalue weighted by atomic mass is 10.5. The minimum Gasteiger partial charge on any atom is -0.463 e. The molecule has 2 rings (SSSR count). The van der Waals surface area contributed by atoms with Gasteiger partial charge in [-0.05, 0) is 6.07 Å². The van der Waals surface area contributed by atoms with E-state index in [-0.39, 0.29) is 5.82 Å². The average molecular weight is 250 g/mol. The number of nitrogens with one attached hydrogen (secondary N) is 1. The van der Waals surface area contributed by atoms with E-state index in [9.17, 15) is 4.79 Å². The van der Waals surface area contributed by atoms with Gasteiger partial charge in [0.25, 0.3) is 0 Å². The standard InChI is InChI=1S/C10H10N4O2S/c1-16-10(15)9-12-3-2-8(14-9)13-5-7-4-11-6-17-7/h2-4,6H,5H2,1H3,(H,12,13,14). The maximum Gasteiger partial charge on any atom is 0.376 e. The van der Waals surface area contributed by atoms with E-state index in [1.165, 1.54) is 13.3 Å². The van der Waals surface area contributed by atoms with Gasteiger partial charge in [0.15, 0.2) is 0 Å². The van der Waals surface area contributed by atoms with Gasteiger partial charge in [-0.3, -0.25) is 4.98 Å². The Morgan fingerprint density at radius 1 is 1.59 bits per heavy atom. The van der Waals surface area contributed by atoms with Crippen LogP contribution in [0.1, 0.15) is 15.5 Å². The number of hydrogen-bond donors (Lipinski definition) is 1. The fourth-order valence-corrected chi connectivity index (χ4v) is 1.69. The molecule has 0 amide bonds. The van der Waals surface area contributed by atoms with E-state index in [0.29, 0.717) is 12.4 Å². The third-order valence-corrected chi connectivity index (χ3v) is 2.73. The molecule has 2 heterocycles. The van der Waals surface area contributed by atoms with Crippen LogP contribution in [0.25, 0.3) is 0 Å². The Hall–Kier alpha value is -2.02. The van der Waals surface area contributed by atoms with E-state index in [4.69, 9.17) is 0 Å². The zero-order valence-corrected chi connectivity index (χ0v) is 9.90. The van der Waals surface area contributed by atoms with Gasteiger partial charge in [0, 0.05) is 17.3 Å². The van der Waals surface area contributed by atoms with Crippen molar-refractivity contribution in [3.8, 4) is 0 Å². The van der Waals surface area contributed by atoms with Crippen molar-refractivity contribution in [1.82, 2.24) is 15.0 Å². The van der Waals surface area contributed by atoms with Crippen LogP contribution in [0.2, 0.25) is 0 Å². The van der Waals surface area contributed by atoms with Gasteiger partial charge in [-0.1, -0.05) is 0 Å². The predicted molar refractivity (Wildman–Crippen MR) is 62.8 cm³/mol. The first-order valence-electron chi connectivity index (χ1n) is 4.82. The van der Waals surface area contributed by atoms with Crippen LogP contribution < -0.4 is 5.32 Å². The van der Waals surface area contributed by atoms with Crippen molar-refractivity contribution in [1.29, 1.82) is 0 Å². The highest BCUT2D eigenvalue weighted by molar-refractivity contribution is 7.09.